The number of nitrogens with zero attached hydrogens (tertiary/aromatic N) is 1. The molecule has 0 unspecified atom stereocenters. The van der Waals surface area contributed by atoms with Crippen molar-refractivity contribution >= 4 is 11.7 Å². The number of rotatable bonds is 8. The van der Waals surface area contributed by atoms with Gasteiger partial charge in [0.05, 0.1) is 0 Å². The molecule has 0 saturated carbocycles. The van der Waals surface area contributed by atoms with Crippen molar-refractivity contribution < 1.29 is 14.6 Å². The number of carboxylic acid groups (broad SMARTS) is 1. The van der Waals surface area contributed by atoms with Crippen molar-refractivity contribution in [3.63, 3.8) is 0 Å². The fraction of sp³-hybridized carbons (Fsp3) is 0.316. The topological polar surface area (TPSA) is 49.8 Å². The fourth-order valence-corrected chi connectivity index (χ4v) is 2.56. The molecule has 0 saturated heterocycles. The van der Waals surface area contributed by atoms with Crippen LogP contribution in [0.15, 0.2) is 54.6 Å². The monoisotopic (exact) mass is 313 g/mol. The lowest BCUT2D eigenvalue weighted by Crippen LogP contribution is -2.41. The summed E-state index contributed by atoms with van der Waals surface area (Å²) in [7, 11) is 0. The Balaban J connectivity index is 2.16. The second kappa shape index (κ2) is 8.22. The van der Waals surface area contributed by atoms with Gasteiger partial charge in [-0.15, -0.1) is 0 Å². The van der Waals surface area contributed by atoms with Crippen LogP contribution in [0.4, 0.5) is 5.69 Å². The highest BCUT2D eigenvalue weighted by atomic mass is 16.5. The van der Waals surface area contributed by atoms with Crippen LogP contribution in [0.3, 0.4) is 0 Å². The summed E-state index contributed by atoms with van der Waals surface area (Å²) in [5, 5.41) is 9.41. The van der Waals surface area contributed by atoms with E-state index < -0.39 is 12.0 Å². The van der Waals surface area contributed by atoms with E-state index in [1.165, 1.54) is 0 Å². The van der Waals surface area contributed by atoms with E-state index in [0.29, 0.717) is 13.0 Å². The SMILES string of the molecule is CCCN(c1ccc(Oc2ccccc2)cc1)[C@@H](CC)C(=O)O. The first-order chi connectivity index (χ1) is 11.2. The van der Waals surface area contributed by atoms with Gasteiger partial charge in [-0.1, -0.05) is 32.0 Å². The molecule has 0 aliphatic rings. The maximum absolute atomic E-state index is 11.5. The largest absolute Gasteiger partial charge is 0.480 e. The quantitative estimate of drug-likeness (QED) is 0.776. The van der Waals surface area contributed by atoms with Gasteiger partial charge in [0.2, 0.25) is 0 Å². The molecule has 4 heteroatoms. The van der Waals surface area contributed by atoms with Gasteiger partial charge < -0.3 is 14.7 Å². The summed E-state index contributed by atoms with van der Waals surface area (Å²) < 4.78 is 5.77. The maximum atomic E-state index is 11.5. The van der Waals surface area contributed by atoms with Gasteiger partial charge >= 0.3 is 5.97 Å². The first kappa shape index (κ1) is 16.9. The lowest BCUT2D eigenvalue weighted by atomic mass is 10.1. The summed E-state index contributed by atoms with van der Waals surface area (Å²) in [5.41, 5.74) is 0.904. The molecule has 0 heterocycles. The van der Waals surface area contributed by atoms with Crippen LogP contribution in [0.2, 0.25) is 0 Å². The number of carbonyl (C=O) groups is 1. The number of ether oxygens (including phenoxy) is 1. The standard InChI is InChI=1S/C19H23NO3/c1-3-14-20(18(4-2)19(21)22)15-10-12-17(13-11-15)23-16-8-6-5-7-9-16/h5-13,18H,3-4,14H2,1-2H3,(H,21,22)/t18-/m0/s1. The van der Waals surface area contributed by atoms with Crippen molar-refractivity contribution in [1.29, 1.82) is 0 Å². The van der Waals surface area contributed by atoms with Crippen LogP contribution in [0.1, 0.15) is 26.7 Å². The van der Waals surface area contributed by atoms with E-state index >= 15 is 0 Å². The van der Waals surface area contributed by atoms with Crippen molar-refractivity contribution in [2.45, 2.75) is 32.7 Å². The Bertz CT molecular complexity index is 610. The first-order valence-electron chi connectivity index (χ1n) is 7.98. The summed E-state index contributed by atoms with van der Waals surface area (Å²) in [6.45, 7) is 4.66. The molecule has 1 N–H and O–H groups in total. The molecular weight excluding hydrogens is 290 g/mol. The number of anilines is 1. The lowest BCUT2D eigenvalue weighted by Gasteiger charge is -2.30. The van der Waals surface area contributed by atoms with E-state index in [1.807, 2.05) is 66.4 Å². The Morgan fingerprint density at radius 1 is 1.04 bits per heavy atom. The fourth-order valence-electron chi connectivity index (χ4n) is 2.56. The number of carboxylic acids is 1. The van der Waals surface area contributed by atoms with E-state index in [4.69, 9.17) is 4.74 Å². The average Bonchev–Trinajstić information content (AvgIpc) is 2.56. The zero-order chi connectivity index (χ0) is 16.7. The second-order valence-corrected chi connectivity index (χ2v) is 5.36. The second-order valence-electron chi connectivity index (χ2n) is 5.36. The molecule has 1 atom stereocenters. The van der Waals surface area contributed by atoms with Crippen molar-refractivity contribution in [1.82, 2.24) is 0 Å². The molecule has 0 radical (unpaired) electrons. The van der Waals surface area contributed by atoms with Gasteiger partial charge in [-0.05, 0) is 49.2 Å². The predicted octanol–water partition coefficient (Wildman–Crippen LogP) is 4.56. The van der Waals surface area contributed by atoms with Gasteiger partial charge in [0, 0.05) is 12.2 Å². The third-order valence-corrected chi connectivity index (χ3v) is 3.66. The van der Waals surface area contributed by atoms with E-state index in [0.717, 1.165) is 23.6 Å². The van der Waals surface area contributed by atoms with Crippen molar-refractivity contribution in [3.8, 4) is 11.5 Å². The van der Waals surface area contributed by atoms with Crippen molar-refractivity contribution in [2.75, 3.05) is 11.4 Å². The first-order valence-corrected chi connectivity index (χ1v) is 7.98. The lowest BCUT2D eigenvalue weighted by molar-refractivity contribution is -0.138. The molecule has 0 aliphatic heterocycles. The molecule has 122 valence electrons. The number of benzene rings is 2. The number of aliphatic carboxylic acids is 1. The average molecular weight is 313 g/mol. The summed E-state index contributed by atoms with van der Waals surface area (Å²) in [5.74, 6) is 0.730. The minimum atomic E-state index is -0.787. The molecule has 0 bridgehead atoms. The summed E-state index contributed by atoms with van der Waals surface area (Å²) in [4.78, 5) is 13.4. The molecule has 0 aliphatic carbocycles. The van der Waals surface area contributed by atoms with Gasteiger partial charge in [0.1, 0.15) is 17.5 Å². The molecule has 4 nitrogen and oxygen atoms in total. The van der Waals surface area contributed by atoms with Crippen LogP contribution in [-0.2, 0) is 4.79 Å². The third kappa shape index (κ3) is 4.49. The third-order valence-electron chi connectivity index (χ3n) is 3.66. The van der Waals surface area contributed by atoms with E-state index in [1.54, 1.807) is 0 Å². The Labute approximate surface area is 137 Å². The van der Waals surface area contributed by atoms with Gasteiger partial charge in [0.15, 0.2) is 0 Å². The number of para-hydroxylation sites is 1. The van der Waals surface area contributed by atoms with Crippen LogP contribution in [0.25, 0.3) is 0 Å². The van der Waals surface area contributed by atoms with Crippen molar-refractivity contribution in [3.05, 3.63) is 54.6 Å². The van der Waals surface area contributed by atoms with E-state index in [-0.39, 0.29) is 0 Å². The highest BCUT2D eigenvalue weighted by molar-refractivity contribution is 5.78. The summed E-state index contributed by atoms with van der Waals surface area (Å²) >= 11 is 0. The normalized spacial score (nSPS) is 11.7. The van der Waals surface area contributed by atoms with Crippen LogP contribution in [-0.4, -0.2) is 23.7 Å². The molecule has 0 fully saturated rings. The molecule has 2 aromatic carbocycles. The molecule has 2 aromatic rings. The minimum absolute atomic E-state index is 0.504. The summed E-state index contributed by atoms with van der Waals surface area (Å²) in [6, 6.07) is 16.7. The molecule has 2 rings (SSSR count). The summed E-state index contributed by atoms with van der Waals surface area (Å²) in [6.07, 6.45) is 1.46. The zero-order valence-corrected chi connectivity index (χ0v) is 13.6. The molecular formula is C19H23NO3. The van der Waals surface area contributed by atoms with Gasteiger partial charge in [0.25, 0.3) is 0 Å². The molecule has 0 amide bonds. The van der Waals surface area contributed by atoms with Crippen LogP contribution in [0.5, 0.6) is 11.5 Å². The Morgan fingerprint density at radius 2 is 1.65 bits per heavy atom. The van der Waals surface area contributed by atoms with Crippen LogP contribution < -0.4 is 9.64 Å². The highest BCUT2D eigenvalue weighted by Crippen LogP contribution is 2.26. The van der Waals surface area contributed by atoms with E-state index in [9.17, 15) is 9.90 Å². The number of hydrogen-bond donors (Lipinski definition) is 1. The Kier molecular flexibility index (Phi) is 6.03. The maximum Gasteiger partial charge on any atom is 0.326 e. The minimum Gasteiger partial charge on any atom is -0.480 e. The molecule has 23 heavy (non-hydrogen) atoms. The smallest absolute Gasteiger partial charge is 0.326 e. The van der Waals surface area contributed by atoms with Gasteiger partial charge in [-0.2, -0.15) is 0 Å². The van der Waals surface area contributed by atoms with Gasteiger partial charge in [-0.25, -0.2) is 4.79 Å². The van der Waals surface area contributed by atoms with E-state index in [2.05, 4.69) is 6.92 Å². The van der Waals surface area contributed by atoms with Crippen LogP contribution >= 0.6 is 0 Å². The molecule has 0 spiro atoms. The molecule has 0 aromatic heterocycles. The highest BCUT2D eigenvalue weighted by Gasteiger charge is 2.23. The van der Waals surface area contributed by atoms with Crippen LogP contribution in [0, 0.1) is 0 Å². The van der Waals surface area contributed by atoms with Crippen molar-refractivity contribution in [2.24, 2.45) is 0 Å². The van der Waals surface area contributed by atoms with Gasteiger partial charge in [-0.3, -0.25) is 0 Å². The predicted molar refractivity (Wildman–Crippen MR) is 92.3 cm³/mol. The Hall–Kier alpha value is -2.49. The number of hydrogen-bond acceptors (Lipinski definition) is 3. The zero-order valence-electron chi connectivity index (χ0n) is 13.6. The Morgan fingerprint density at radius 3 is 2.17 bits per heavy atom.